The van der Waals surface area contributed by atoms with Gasteiger partial charge in [0.2, 0.25) is 0 Å². The van der Waals surface area contributed by atoms with Gasteiger partial charge in [-0.15, -0.1) is 0 Å². The molecule has 46 valence electrons. The molecule has 0 saturated carbocycles. The van der Waals surface area contributed by atoms with Gasteiger partial charge in [0.1, 0.15) is 0 Å². The predicted octanol–water partition coefficient (Wildman–Crippen LogP) is 2.92. The molecule has 0 N–H and O–H groups in total. The third kappa shape index (κ3) is 5.48. The van der Waals surface area contributed by atoms with Crippen molar-refractivity contribution in [2.45, 2.75) is 26.7 Å². The summed E-state index contributed by atoms with van der Waals surface area (Å²) in [5.74, 6) is 0. The summed E-state index contributed by atoms with van der Waals surface area (Å²) in [5.41, 5.74) is 0. The van der Waals surface area contributed by atoms with Crippen LogP contribution in [0, 0.1) is 0 Å². The molecular weight excluding hydrogens is 96.1 g/mol. The maximum atomic E-state index is 2.18. The van der Waals surface area contributed by atoms with Crippen molar-refractivity contribution in [3.63, 3.8) is 0 Å². The van der Waals surface area contributed by atoms with Gasteiger partial charge in [-0.25, -0.2) is 0 Å². The van der Waals surface area contributed by atoms with E-state index in [0.29, 0.717) is 0 Å². The van der Waals surface area contributed by atoms with E-state index in [1.807, 2.05) is 6.92 Å². The molecule has 0 unspecified atom stereocenters. The first-order valence-electron chi connectivity index (χ1n) is 3.18. The summed E-state index contributed by atoms with van der Waals surface area (Å²) in [6.45, 7) is 4.19. The molecule has 0 spiro atoms. The first-order valence-corrected chi connectivity index (χ1v) is 3.18. The molecule has 0 aromatic rings. The Balaban J connectivity index is 3.03. The number of hydrogen-bond acceptors (Lipinski definition) is 0. The zero-order chi connectivity index (χ0) is 6.24. The molecule has 0 heterocycles. The van der Waals surface area contributed by atoms with Gasteiger partial charge >= 0.3 is 0 Å². The lowest BCUT2D eigenvalue weighted by molar-refractivity contribution is 1.20. The fraction of sp³-hybridized carbons (Fsp3) is 0.500. The van der Waals surface area contributed by atoms with Gasteiger partial charge in [-0.05, 0) is 19.8 Å². The molecular formula is C8H14. The smallest absolute Gasteiger partial charge is 0.0169 e. The van der Waals surface area contributed by atoms with Crippen molar-refractivity contribution in [3.05, 3.63) is 24.3 Å². The summed E-state index contributed by atoms with van der Waals surface area (Å²) in [7, 11) is 0. The van der Waals surface area contributed by atoms with Crippen LogP contribution in [0.15, 0.2) is 24.3 Å². The van der Waals surface area contributed by atoms with Crippen LogP contribution in [0.4, 0.5) is 0 Å². The molecule has 0 radical (unpaired) electrons. The van der Waals surface area contributed by atoms with Gasteiger partial charge < -0.3 is 0 Å². The predicted molar refractivity (Wildman–Crippen MR) is 38.9 cm³/mol. The summed E-state index contributed by atoms with van der Waals surface area (Å²) in [5, 5.41) is 0. The van der Waals surface area contributed by atoms with Crippen LogP contribution >= 0.6 is 0 Å². The highest BCUT2D eigenvalue weighted by molar-refractivity contribution is 4.90. The van der Waals surface area contributed by atoms with Crippen molar-refractivity contribution in [2.75, 3.05) is 0 Å². The number of allylic oxidation sites excluding steroid dienone is 4. The maximum absolute atomic E-state index is 2.18. The zero-order valence-electron chi connectivity index (χ0n) is 5.72. The van der Waals surface area contributed by atoms with E-state index >= 15 is 0 Å². The summed E-state index contributed by atoms with van der Waals surface area (Å²) < 4.78 is 0. The van der Waals surface area contributed by atoms with E-state index in [-0.39, 0.29) is 0 Å². The topological polar surface area (TPSA) is 0 Å². The summed E-state index contributed by atoms with van der Waals surface area (Å²) in [6, 6.07) is 0. The lowest BCUT2D eigenvalue weighted by Crippen LogP contribution is -1.56. The van der Waals surface area contributed by atoms with E-state index < -0.39 is 0 Å². The average molecular weight is 110 g/mol. The van der Waals surface area contributed by atoms with Crippen LogP contribution in [-0.4, -0.2) is 0 Å². The molecule has 0 aliphatic carbocycles. The van der Waals surface area contributed by atoms with E-state index in [1.54, 1.807) is 0 Å². The minimum absolute atomic E-state index is 1.09. The third-order valence-electron chi connectivity index (χ3n) is 0.910. The second-order valence-electron chi connectivity index (χ2n) is 1.68. The van der Waals surface area contributed by atoms with E-state index in [9.17, 15) is 0 Å². The molecule has 0 aromatic heterocycles. The molecule has 8 heavy (non-hydrogen) atoms. The van der Waals surface area contributed by atoms with Crippen LogP contribution in [0.3, 0.4) is 0 Å². The Morgan fingerprint density at radius 2 is 1.88 bits per heavy atom. The van der Waals surface area contributed by atoms with Gasteiger partial charge in [0.25, 0.3) is 0 Å². The molecule has 0 aliphatic rings. The third-order valence-corrected chi connectivity index (χ3v) is 0.910. The Labute approximate surface area is 51.9 Å². The molecule has 0 saturated heterocycles. The minimum Gasteiger partial charge on any atom is -0.0914 e. The normalized spacial score (nSPS) is 11.8. The second-order valence-corrected chi connectivity index (χ2v) is 1.68. The summed E-state index contributed by atoms with van der Waals surface area (Å²) >= 11 is 0. The van der Waals surface area contributed by atoms with Gasteiger partial charge in [0, 0.05) is 0 Å². The van der Waals surface area contributed by atoms with Crippen LogP contribution in [-0.2, 0) is 0 Å². The lowest BCUT2D eigenvalue weighted by Gasteiger charge is -1.77. The second kappa shape index (κ2) is 6.48. The van der Waals surface area contributed by atoms with Crippen molar-refractivity contribution in [3.8, 4) is 0 Å². The molecule has 0 fully saturated rings. The van der Waals surface area contributed by atoms with Crippen LogP contribution in [0.1, 0.15) is 26.7 Å². The molecule has 0 aromatic carbocycles. The molecule has 0 amide bonds. The largest absolute Gasteiger partial charge is 0.0914 e. The van der Waals surface area contributed by atoms with E-state index in [0.717, 1.165) is 12.8 Å². The highest BCUT2D eigenvalue weighted by Gasteiger charge is 1.65. The standard InChI is InChI=1S/C8H14/c1-3-5-7-8-6-4-2/h3,5-6,8H,4,7H2,1-2H3/b5-3+,8-6?. The quantitative estimate of drug-likeness (QED) is 0.490. The summed E-state index contributed by atoms with van der Waals surface area (Å²) in [6.07, 6.45) is 10.8. The number of rotatable bonds is 3. The van der Waals surface area contributed by atoms with E-state index in [1.165, 1.54) is 0 Å². The maximum Gasteiger partial charge on any atom is -0.0169 e. The fourth-order valence-corrected chi connectivity index (χ4v) is 0.478. The average Bonchev–Trinajstić information content (AvgIpc) is 1.81. The Morgan fingerprint density at radius 1 is 1.12 bits per heavy atom. The van der Waals surface area contributed by atoms with E-state index in [4.69, 9.17) is 0 Å². The van der Waals surface area contributed by atoms with Crippen molar-refractivity contribution in [2.24, 2.45) is 0 Å². The lowest BCUT2D eigenvalue weighted by atomic mass is 10.3. The Kier molecular flexibility index (Phi) is 6.06. The Hall–Kier alpha value is -0.520. The minimum atomic E-state index is 1.09. The number of hydrogen-bond donors (Lipinski definition) is 0. The SMILES string of the molecule is C/C=C/CC=CCC. The van der Waals surface area contributed by atoms with Gasteiger partial charge in [0.15, 0.2) is 0 Å². The van der Waals surface area contributed by atoms with Crippen LogP contribution in [0.5, 0.6) is 0 Å². The molecule has 0 atom stereocenters. The van der Waals surface area contributed by atoms with Crippen LogP contribution < -0.4 is 0 Å². The van der Waals surface area contributed by atoms with Crippen LogP contribution in [0.2, 0.25) is 0 Å². The highest BCUT2D eigenvalue weighted by Crippen LogP contribution is 1.86. The van der Waals surface area contributed by atoms with Gasteiger partial charge in [-0.2, -0.15) is 0 Å². The van der Waals surface area contributed by atoms with Gasteiger partial charge in [-0.1, -0.05) is 31.2 Å². The highest BCUT2D eigenvalue weighted by atomic mass is 13.7. The molecule has 0 aliphatic heterocycles. The Bertz CT molecular complexity index is 78.0. The fourth-order valence-electron chi connectivity index (χ4n) is 0.478. The first kappa shape index (κ1) is 7.48. The Morgan fingerprint density at radius 3 is 2.38 bits per heavy atom. The van der Waals surface area contributed by atoms with E-state index in [2.05, 4.69) is 31.2 Å². The molecule has 0 heteroatoms. The zero-order valence-corrected chi connectivity index (χ0v) is 5.72. The first-order chi connectivity index (χ1) is 3.91. The van der Waals surface area contributed by atoms with Crippen molar-refractivity contribution < 1.29 is 0 Å². The van der Waals surface area contributed by atoms with Crippen molar-refractivity contribution in [1.29, 1.82) is 0 Å². The molecule has 0 nitrogen and oxygen atoms in total. The molecule has 0 bridgehead atoms. The van der Waals surface area contributed by atoms with Crippen molar-refractivity contribution in [1.82, 2.24) is 0 Å². The van der Waals surface area contributed by atoms with Crippen LogP contribution in [0.25, 0.3) is 0 Å². The van der Waals surface area contributed by atoms with Crippen molar-refractivity contribution >= 4 is 0 Å². The van der Waals surface area contributed by atoms with Gasteiger partial charge in [0.05, 0.1) is 0 Å². The summed E-state index contributed by atoms with van der Waals surface area (Å²) in [4.78, 5) is 0. The monoisotopic (exact) mass is 110 g/mol. The molecule has 0 rings (SSSR count). The van der Waals surface area contributed by atoms with Gasteiger partial charge in [-0.3, -0.25) is 0 Å².